The Bertz CT molecular complexity index is 901. The van der Waals surface area contributed by atoms with Crippen LogP contribution >= 0.6 is 0 Å². The number of cyclic esters (lactones) is 1. The number of anilines is 1. The van der Waals surface area contributed by atoms with Gasteiger partial charge in [0.1, 0.15) is 6.61 Å². The summed E-state index contributed by atoms with van der Waals surface area (Å²) < 4.78 is 5.32. The van der Waals surface area contributed by atoms with E-state index >= 15 is 0 Å². The minimum atomic E-state index is -0.353. The summed E-state index contributed by atoms with van der Waals surface area (Å²) in [6, 6.07) is 14.1. The van der Waals surface area contributed by atoms with Crippen molar-refractivity contribution in [2.24, 2.45) is 5.92 Å². The molecule has 2 aromatic rings. The molecule has 28 heavy (non-hydrogen) atoms. The molecule has 1 saturated heterocycles. The quantitative estimate of drug-likeness (QED) is 0.831. The van der Waals surface area contributed by atoms with E-state index in [2.05, 4.69) is 19.2 Å². The second kappa shape index (κ2) is 7.30. The Hall–Kier alpha value is -2.82. The molecule has 2 fully saturated rings. The number of carbonyl (C=O) groups excluding carboxylic acids is 2. The predicted molar refractivity (Wildman–Crippen MR) is 110 cm³/mol. The van der Waals surface area contributed by atoms with Gasteiger partial charge < -0.3 is 10.1 Å². The van der Waals surface area contributed by atoms with Crippen molar-refractivity contribution in [1.29, 1.82) is 0 Å². The lowest BCUT2D eigenvalue weighted by molar-refractivity contribution is 0.0951. The number of amides is 2. The minimum absolute atomic E-state index is 0.0416. The Kier molecular flexibility index (Phi) is 4.84. The fourth-order valence-electron chi connectivity index (χ4n) is 3.51. The summed E-state index contributed by atoms with van der Waals surface area (Å²) in [6.45, 7) is 6.56. The molecule has 1 aliphatic heterocycles. The smallest absolute Gasteiger partial charge is 0.414 e. The molecule has 0 radical (unpaired) electrons. The number of nitrogens with one attached hydrogen (secondary N) is 1. The van der Waals surface area contributed by atoms with Gasteiger partial charge in [-0.1, -0.05) is 43.7 Å². The van der Waals surface area contributed by atoms with Crippen LogP contribution in [0.2, 0.25) is 0 Å². The molecule has 5 heteroatoms. The summed E-state index contributed by atoms with van der Waals surface area (Å²) >= 11 is 0. The minimum Gasteiger partial charge on any atom is -0.447 e. The maximum absolute atomic E-state index is 12.8. The third-order valence-corrected chi connectivity index (χ3v) is 5.43. The Morgan fingerprint density at radius 2 is 1.82 bits per heavy atom. The zero-order valence-electron chi connectivity index (χ0n) is 16.6. The van der Waals surface area contributed by atoms with Gasteiger partial charge in [0.15, 0.2) is 0 Å². The Morgan fingerprint density at radius 3 is 2.46 bits per heavy atom. The van der Waals surface area contributed by atoms with E-state index in [0.717, 1.165) is 24.0 Å². The summed E-state index contributed by atoms with van der Waals surface area (Å²) in [5.41, 5.74) is 4.39. The molecule has 1 aliphatic carbocycles. The van der Waals surface area contributed by atoms with Crippen molar-refractivity contribution in [3.63, 3.8) is 0 Å². The maximum atomic E-state index is 12.8. The lowest BCUT2D eigenvalue weighted by Gasteiger charge is -2.25. The van der Waals surface area contributed by atoms with E-state index in [0.29, 0.717) is 17.9 Å². The van der Waals surface area contributed by atoms with Crippen LogP contribution in [0.3, 0.4) is 0 Å². The highest BCUT2D eigenvalue weighted by molar-refractivity contribution is 5.99. The number of hydrogen-bond donors (Lipinski definition) is 1. The molecule has 5 nitrogen and oxygen atoms in total. The fraction of sp³-hybridized carbons (Fsp3) is 0.391. The van der Waals surface area contributed by atoms with Crippen LogP contribution in [-0.2, 0) is 4.74 Å². The third-order valence-electron chi connectivity index (χ3n) is 5.43. The Morgan fingerprint density at radius 1 is 1.11 bits per heavy atom. The van der Waals surface area contributed by atoms with Gasteiger partial charge in [-0.05, 0) is 55.0 Å². The van der Waals surface area contributed by atoms with Crippen LogP contribution in [0.1, 0.15) is 42.6 Å². The number of benzene rings is 2. The van der Waals surface area contributed by atoms with E-state index in [4.69, 9.17) is 4.74 Å². The van der Waals surface area contributed by atoms with Crippen molar-refractivity contribution < 1.29 is 14.3 Å². The monoisotopic (exact) mass is 378 g/mol. The molecule has 0 spiro atoms. The van der Waals surface area contributed by atoms with Crippen LogP contribution in [0, 0.1) is 12.8 Å². The van der Waals surface area contributed by atoms with E-state index in [-0.39, 0.29) is 30.0 Å². The summed E-state index contributed by atoms with van der Waals surface area (Å²) in [5, 5.41) is 3.05. The van der Waals surface area contributed by atoms with Crippen molar-refractivity contribution in [3.05, 3.63) is 53.6 Å². The largest absolute Gasteiger partial charge is 0.447 e. The molecule has 1 N–H and O–H groups in total. The lowest BCUT2D eigenvalue weighted by Crippen LogP contribution is -2.37. The van der Waals surface area contributed by atoms with Crippen LogP contribution in [0.15, 0.2) is 42.5 Å². The van der Waals surface area contributed by atoms with E-state index in [1.165, 1.54) is 5.56 Å². The molecule has 1 atom stereocenters. The molecule has 2 aliphatic rings. The molecule has 2 aromatic carbocycles. The first-order chi connectivity index (χ1) is 13.4. The van der Waals surface area contributed by atoms with E-state index in [9.17, 15) is 9.59 Å². The Balaban J connectivity index is 1.78. The van der Waals surface area contributed by atoms with Crippen LogP contribution in [-0.4, -0.2) is 30.7 Å². The van der Waals surface area contributed by atoms with E-state index in [1.807, 2.05) is 43.3 Å². The Labute approximate surface area is 165 Å². The molecule has 0 bridgehead atoms. The predicted octanol–water partition coefficient (Wildman–Crippen LogP) is 4.54. The number of rotatable bonds is 5. The number of carbonyl (C=O) groups is 2. The van der Waals surface area contributed by atoms with Crippen LogP contribution in [0.25, 0.3) is 11.1 Å². The number of hydrogen-bond acceptors (Lipinski definition) is 3. The molecular formula is C23H26N2O3. The fourth-order valence-corrected chi connectivity index (χ4v) is 3.51. The topological polar surface area (TPSA) is 58.6 Å². The van der Waals surface area contributed by atoms with Gasteiger partial charge in [0, 0.05) is 17.3 Å². The van der Waals surface area contributed by atoms with Crippen molar-refractivity contribution in [3.8, 4) is 11.1 Å². The van der Waals surface area contributed by atoms with Gasteiger partial charge in [0.25, 0.3) is 5.91 Å². The van der Waals surface area contributed by atoms with Gasteiger partial charge in [-0.2, -0.15) is 0 Å². The molecule has 0 aromatic heterocycles. The van der Waals surface area contributed by atoms with Crippen molar-refractivity contribution >= 4 is 17.7 Å². The molecule has 1 heterocycles. The first-order valence-electron chi connectivity index (χ1n) is 9.91. The summed E-state index contributed by atoms with van der Waals surface area (Å²) in [7, 11) is 0. The second-order valence-electron chi connectivity index (χ2n) is 8.14. The first kappa shape index (κ1) is 18.5. The van der Waals surface area contributed by atoms with Crippen molar-refractivity contribution in [2.75, 3.05) is 11.5 Å². The van der Waals surface area contributed by atoms with E-state index in [1.54, 1.807) is 11.0 Å². The number of nitrogens with zero attached hydrogens (tertiary/aromatic N) is 1. The van der Waals surface area contributed by atoms with Crippen molar-refractivity contribution in [2.45, 2.75) is 45.7 Å². The number of aryl methyl sites for hydroxylation is 1. The lowest BCUT2D eigenvalue weighted by atomic mass is 9.98. The highest BCUT2D eigenvalue weighted by atomic mass is 16.6. The summed E-state index contributed by atoms with van der Waals surface area (Å²) in [4.78, 5) is 26.9. The van der Waals surface area contributed by atoms with E-state index < -0.39 is 0 Å². The average molecular weight is 378 g/mol. The molecule has 1 saturated carbocycles. The molecule has 146 valence electrons. The van der Waals surface area contributed by atoms with Gasteiger partial charge in [-0.25, -0.2) is 4.79 Å². The number of ether oxygens (including phenoxy) is 1. The van der Waals surface area contributed by atoms with Crippen LogP contribution < -0.4 is 10.2 Å². The summed E-state index contributed by atoms with van der Waals surface area (Å²) in [6.07, 6.45) is 1.71. The molecule has 2 amide bonds. The van der Waals surface area contributed by atoms with Gasteiger partial charge >= 0.3 is 6.09 Å². The standard InChI is InChI=1S/C23H26N2O3/c1-14(2)21-13-28-23(27)25(21)20-11-17(16-6-4-15(3)5-7-16)10-18(12-20)22(26)24-19-8-9-19/h4-7,10-12,14,19,21H,8-9,13H2,1-3H3,(H,24,26)/t21-/m0/s1. The van der Waals surface area contributed by atoms with Crippen LogP contribution in [0.4, 0.5) is 10.5 Å². The highest BCUT2D eigenvalue weighted by Crippen LogP contribution is 2.33. The average Bonchev–Trinajstić information content (AvgIpc) is 3.40. The molecule has 4 rings (SSSR count). The molecule has 0 unspecified atom stereocenters. The van der Waals surface area contributed by atoms with Gasteiger partial charge in [-0.15, -0.1) is 0 Å². The highest BCUT2D eigenvalue weighted by Gasteiger charge is 2.36. The van der Waals surface area contributed by atoms with Crippen molar-refractivity contribution in [1.82, 2.24) is 5.32 Å². The zero-order valence-corrected chi connectivity index (χ0v) is 16.6. The third kappa shape index (κ3) is 3.75. The molecular weight excluding hydrogens is 352 g/mol. The summed E-state index contributed by atoms with van der Waals surface area (Å²) in [5.74, 6) is 0.157. The SMILES string of the molecule is Cc1ccc(-c2cc(C(=O)NC3CC3)cc(N3C(=O)OC[C@H]3C(C)C)c2)cc1. The van der Waals surface area contributed by atoms with Gasteiger partial charge in [0.2, 0.25) is 0 Å². The zero-order chi connectivity index (χ0) is 19.8. The van der Waals surface area contributed by atoms with Crippen LogP contribution in [0.5, 0.6) is 0 Å². The van der Waals surface area contributed by atoms with Gasteiger partial charge in [0.05, 0.1) is 6.04 Å². The normalized spacial score (nSPS) is 19.1. The maximum Gasteiger partial charge on any atom is 0.414 e. The second-order valence-corrected chi connectivity index (χ2v) is 8.14. The van der Waals surface area contributed by atoms with Gasteiger partial charge in [-0.3, -0.25) is 9.69 Å². The first-order valence-corrected chi connectivity index (χ1v) is 9.91.